The van der Waals surface area contributed by atoms with E-state index in [-0.39, 0.29) is 23.7 Å². The Morgan fingerprint density at radius 2 is 1.80 bits per heavy atom. The number of halogens is 2. The van der Waals surface area contributed by atoms with E-state index >= 15 is 0 Å². The number of carbonyl (C=O) groups excluding carboxylic acids is 1. The van der Waals surface area contributed by atoms with Gasteiger partial charge in [0.25, 0.3) is 10.0 Å². The molecular formula is C19H14BrClN2O5S2. The highest BCUT2D eigenvalue weighted by Crippen LogP contribution is 2.28. The molecule has 3 aromatic rings. The van der Waals surface area contributed by atoms with Gasteiger partial charge in [-0.1, -0.05) is 17.7 Å². The van der Waals surface area contributed by atoms with Gasteiger partial charge in [0.05, 0.1) is 17.1 Å². The molecule has 1 heterocycles. The lowest BCUT2D eigenvalue weighted by atomic mass is 10.1. The molecule has 0 aliphatic carbocycles. The number of ketones is 1. The number of anilines is 2. The third-order valence-electron chi connectivity index (χ3n) is 3.94. The summed E-state index contributed by atoms with van der Waals surface area (Å²) in [7, 11) is -4.22. The summed E-state index contributed by atoms with van der Waals surface area (Å²) in [6, 6.07) is 11.6. The highest BCUT2D eigenvalue weighted by atomic mass is 79.9. The number of carboxylic acids is 1. The van der Waals surface area contributed by atoms with Crippen molar-refractivity contribution in [1.29, 1.82) is 0 Å². The zero-order valence-electron chi connectivity index (χ0n) is 15.1. The number of thiophene rings is 1. The Hall–Kier alpha value is -2.40. The summed E-state index contributed by atoms with van der Waals surface area (Å²) in [5.74, 6) is -1.71. The molecule has 156 valence electrons. The van der Waals surface area contributed by atoms with Crippen molar-refractivity contribution in [3.05, 3.63) is 73.8 Å². The van der Waals surface area contributed by atoms with Crippen LogP contribution in [-0.4, -0.2) is 31.8 Å². The molecule has 1 aromatic heterocycles. The molecule has 0 fully saturated rings. The summed E-state index contributed by atoms with van der Waals surface area (Å²) in [5, 5.41) is 14.6. The van der Waals surface area contributed by atoms with Gasteiger partial charge >= 0.3 is 5.97 Å². The van der Waals surface area contributed by atoms with Gasteiger partial charge in [0.1, 0.15) is 10.5 Å². The molecule has 0 aliphatic heterocycles. The zero-order chi connectivity index (χ0) is 21.9. The van der Waals surface area contributed by atoms with Gasteiger partial charge < -0.3 is 10.4 Å². The van der Waals surface area contributed by atoms with Crippen LogP contribution in [0, 0.1) is 0 Å². The van der Waals surface area contributed by atoms with Crippen LogP contribution in [0.2, 0.25) is 5.02 Å². The molecule has 0 bridgehead atoms. The number of sulfonamides is 1. The van der Waals surface area contributed by atoms with Gasteiger partial charge in [0, 0.05) is 15.2 Å². The van der Waals surface area contributed by atoms with Crippen LogP contribution < -0.4 is 10.0 Å². The van der Waals surface area contributed by atoms with Crippen LogP contribution in [0.1, 0.15) is 20.0 Å². The Labute approximate surface area is 189 Å². The summed E-state index contributed by atoms with van der Waals surface area (Å²) in [6.45, 7) is -0.201. The molecule has 0 spiro atoms. The highest BCUT2D eigenvalue weighted by molar-refractivity contribution is 9.10. The third-order valence-corrected chi connectivity index (χ3v) is 7.49. The van der Waals surface area contributed by atoms with E-state index in [4.69, 9.17) is 11.6 Å². The largest absolute Gasteiger partial charge is 0.478 e. The van der Waals surface area contributed by atoms with E-state index < -0.39 is 26.5 Å². The molecule has 0 unspecified atom stereocenters. The SMILES string of the molecule is O=C(CNc1cccc(S(=O)(=O)Nc2ccc(Cl)cc2)c1C(=O)O)c1sccc1Br. The van der Waals surface area contributed by atoms with Crippen LogP contribution in [0.25, 0.3) is 0 Å². The molecule has 0 radical (unpaired) electrons. The minimum atomic E-state index is -4.22. The second kappa shape index (κ2) is 9.17. The maximum absolute atomic E-state index is 12.8. The lowest BCUT2D eigenvalue weighted by molar-refractivity contribution is 0.0693. The van der Waals surface area contributed by atoms with Gasteiger partial charge in [-0.2, -0.15) is 0 Å². The van der Waals surface area contributed by atoms with Gasteiger partial charge in [-0.05, 0) is 63.8 Å². The van der Waals surface area contributed by atoms with E-state index in [9.17, 15) is 23.1 Å². The Balaban J connectivity index is 1.90. The highest BCUT2D eigenvalue weighted by Gasteiger charge is 2.26. The Morgan fingerprint density at radius 1 is 1.10 bits per heavy atom. The number of carboxylic acid groups (broad SMARTS) is 1. The van der Waals surface area contributed by atoms with Crippen molar-refractivity contribution in [2.24, 2.45) is 0 Å². The second-order valence-electron chi connectivity index (χ2n) is 5.97. The summed E-state index contributed by atoms with van der Waals surface area (Å²) in [5.41, 5.74) is -0.216. The summed E-state index contributed by atoms with van der Waals surface area (Å²) in [4.78, 5) is 24.3. The predicted octanol–water partition coefficient (Wildman–Crippen LogP) is 4.96. The molecule has 3 rings (SSSR count). The van der Waals surface area contributed by atoms with Crippen LogP contribution in [0.4, 0.5) is 11.4 Å². The maximum Gasteiger partial charge on any atom is 0.339 e. The normalized spacial score (nSPS) is 11.1. The number of rotatable bonds is 8. The lowest BCUT2D eigenvalue weighted by Gasteiger charge is -2.14. The van der Waals surface area contributed by atoms with Crippen LogP contribution >= 0.6 is 38.9 Å². The molecule has 3 N–H and O–H groups in total. The van der Waals surface area contributed by atoms with E-state index in [0.29, 0.717) is 14.4 Å². The van der Waals surface area contributed by atoms with Crippen molar-refractivity contribution in [3.8, 4) is 0 Å². The molecule has 0 saturated carbocycles. The number of hydrogen-bond donors (Lipinski definition) is 3. The molecule has 11 heteroatoms. The van der Waals surface area contributed by atoms with Crippen LogP contribution in [0.5, 0.6) is 0 Å². The Kier molecular flexibility index (Phi) is 6.81. The number of hydrogen-bond acceptors (Lipinski definition) is 6. The van der Waals surface area contributed by atoms with E-state index in [2.05, 4.69) is 26.0 Å². The van der Waals surface area contributed by atoms with Crippen molar-refractivity contribution in [1.82, 2.24) is 0 Å². The molecule has 0 aliphatic rings. The minimum absolute atomic E-state index is 0.0162. The van der Waals surface area contributed by atoms with E-state index in [1.54, 1.807) is 11.4 Å². The summed E-state index contributed by atoms with van der Waals surface area (Å²) < 4.78 is 28.6. The van der Waals surface area contributed by atoms with Crippen LogP contribution in [0.15, 0.2) is 63.3 Å². The standard InChI is InChI=1S/C19H14BrClN2O5S2/c20-13-8-9-29-18(13)15(24)10-22-14-2-1-3-16(17(14)19(25)26)30(27,28)23-12-6-4-11(21)5-7-12/h1-9,22-23H,10H2,(H,25,26). The Bertz CT molecular complexity index is 1210. The van der Waals surface area contributed by atoms with Gasteiger partial charge in [-0.15, -0.1) is 11.3 Å². The number of Topliss-reactive ketones (excluding diaryl/α,β-unsaturated/α-hetero) is 1. The fourth-order valence-electron chi connectivity index (χ4n) is 2.60. The van der Waals surface area contributed by atoms with Crippen LogP contribution in [0.3, 0.4) is 0 Å². The maximum atomic E-state index is 12.8. The van der Waals surface area contributed by atoms with Crippen molar-refractivity contribution < 1.29 is 23.1 Å². The van der Waals surface area contributed by atoms with Crippen LogP contribution in [-0.2, 0) is 10.0 Å². The molecule has 0 saturated heterocycles. The minimum Gasteiger partial charge on any atom is -0.478 e. The quantitative estimate of drug-likeness (QED) is 0.356. The molecule has 7 nitrogen and oxygen atoms in total. The monoisotopic (exact) mass is 528 g/mol. The number of carbonyl (C=O) groups is 2. The first-order valence-electron chi connectivity index (χ1n) is 8.34. The van der Waals surface area contributed by atoms with Crippen molar-refractivity contribution in [2.45, 2.75) is 4.90 Å². The third kappa shape index (κ3) is 5.01. The van der Waals surface area contributed by atoms with Gasteiger partial charge in [-0.3, -0.25) is 9.52 Å². The zero-order valence-corrected chi connectivity index (χ0v) is 19.0. The van der Waals surface area contributed by atoms with E-state index in [1.807, 2.05) is 0 Å². The van der Waals surface area contributed by atoms with E-state index in [1.165, 1.54) is 53.8 Å². The number of benzene rings is 2. The predicted molar refractivity (Wildman–Crippen MR) is 121 cm³/mol. The fraction of sp³-hybridized carbons (Fsp3) is 0.0526. The van der Waals surface area contributed by atoms with Crippen molar-refractivity contribution >= 4 is 72.0 Å². The van der Waals surface area contributed by atoms with Gasteiger partial charge in [0.2, 0.25) is 0 Å². The molecular weight excluding hydrogens is 516 g/mol. The molecule has 0 atom stereocenters. The molecule has 30 heavy (non-hydrogen) atoms. The van der Waals surface area contributed by atoms with Crippen molar-refractivity contribution in [3.63, 3.8) is 0 Å². The Morgan fingerprint density at radius 3 is 2.40 bits per heavy atom. The molecule has 0 amide bonds. The van der Waals surface area contributed by atoms with Gasteiger partial charge in [-0.25, -0.2) is 13.2 Å². The summed E-state index contributed by atoms with van der Waals surface area (Å²) in [6.07, 6.45) is 0. The smallest absolute Gasteiger partial charge is 0.339 e. The number of aromatic carboxylic acids is 1. The topological polar surface area (TPSA) is 113 Å². The van der Waals surface area contributed by atoms with Crippen molar-refractivity contribution in [2.75, 3.05) is 16.6 Å². The second-order valence-corrected chi connectivity index (χ2v) is 9.83. The lowest BCUT2D eigenvalue weighted by Crippen LogP contribution is -2.20. The average Bonchev–Trinajstić information content (AvgIpc) is 3.13. The summed E-state index contributed by atoms with van der Waals surface area (Å²) >= 11 is 10.3. The fourth-order valence-corrected chi connectivity index (χ4v) is 5.54. The first kappa shape index (κ1) is 22.3. The first-order chi connectivity index (χ1) is 14.2. The number of nitrogens with one attached hydrogen (secondary N) is 2. The van der Waals surface area contributed by atoms with E-state index in [0.717, 1.165) is 0 Å². The van der Waals surface area contributed by atoms with Gasteiger partial charge in [0.15, 0.2) is 5.78 Å². The first-order valence-corrected chi connectivity index (χ1v) is 11.9. The average molecular weight is 530 g/mol. The molecule has 2 aromatic carbocycles.